The highest BCUT2D eigenvalue weighted by Gasteiger charge is 2.17. The van der Waals surface area contributed by atoms with Crippen molar-refractivity contribution in [2.75, 3.05) is 17.7 Å². The molecule has 208 valence electrons. The van der Waals surface area contributed by atoms with Crippen LogP contribution in [0.3, 0.4) is 0 Å². The zero-order chi connectivity index (χ0) is 28.5. The molecule has 10 heteroatoms. The second kappa shape index (κ2) is 13.5. The molecule has 0 unspecified atom stereocenters. The molecule has 3 aromatic rings. The third-order valence-electron chi connectivity index (χ3n) is 6.40. The van der Waals surface area contributed by atoms with Crippen LogP contribution < -0.4 is 32.4 Å². The third-order valence-corrected chi connectivity index (χ3v) is 6.40. The predicted octanol–water partition coefficient (Wildman–Crippen LogP) is 3.73. The van der Waals surface area contributed by atoms with E-state index in [0.29, 0.717) is 40.8 Å². The number of nitrogen functional groups attached to an aromatic ring is 2. The molecule has 0 spiro atoms. The van der Waals surface area contributed by atoms with E-state index in [1.165, 1.54) is 4.57 Å². The molecule has 1 aromatic heterocycles. The summed E-state index contributed by atoms with van der Waals surface area (Å²) in [4.78, 5) is 30.8. The van der Waals surface area contributed by atoms with Crippen LogP contribution in [0.2, 0.25) is 0 Å². The number of aromatic nitrogens is 2. The van der Waals surface area contributed by atoms with Crippen LogP contribution in [0.15, 0.2) is 53.5 Å². The van der Waals surface area contributed by atoms with E-state index in [4.69, 9.17) is 21.6 Å². The molecular weight excluding hydrogens is 494 g/mol. The van der Waals surface area contributed by atoms with Gasteiger partial charge in [0.05, 0.1) is 18.5 Å². The minimum Gasteiger partial charge on any atom is -0.493 e. The number of hydrogen-bond donors (Lipinski definition) is 5. The molecule has 0 aliphatic heterocycles. The molecular formula is C29H39N7O3. The molecule has 0 fully saturated rings. The lowest BCUT2D eigenvalue weighted by atomic mass is 10.1. The number of nitrogens with zero attached hydrogens (tertiary/aromatic N) is 2. The first-order valence-corrected chi connectivity index (χ1v) is 13.2. The summed E-state index contributed by atoms with van der Waals surface area (Å²) in [5.41, 5.74) is 14.3. The number of anilines is 2. The van der Waals surface area contributed by atoms with E-state index in [1.54, 1.807) is 42.6 Å². The third kappa shape index (κ3) is 8.07. The second-order valence-electron chi connectivity index (χ2n) is 9.85. The van der Waals surface area contributed by atoms with Gasteiger partial charge in [-0.3, -0.25) is 19.6 Å². The van der Waals surface area contributed by atoms with Crippen LogP contribution in [0.5, 0.6) is 5.75 Å². The Labute approximate surface area is 229 Å². The highest BCUT2D eigenvalue weighted by molar-refractivity contribution is 5.94. The van der Waals surface area contributed by atoms with Crippen LogP contribution in [0.4, 0.5) is 11.5 Å². The van der Waals surface area contributed by atoms with Gasteiger partial charge in [0.2, 0.25) is 5.91 Å². The van der Waals surface area contributed by atoms with E-state index >= 15 is 0 Å². The fourth-order valence-corrected chi connectivity index (χ4v) is 4.04. The Kier molecular flexibility index (Phi) is 10.1. The first kappa shape index (κ1) is 29.2. The highest BCUT2D eigenvalue weighted by Crippen LogP contribution is 2.28. The number of benzene rings is 2. The standard InChI is InChI=1S/C29H39N7O3/c1-5-19(6-2)17-39-24-12-22(11-23(30)13-24)25-15-34-28(35-18(3)4)29(38)36(25)16-26(37)33-14-20-7-9-21(10-8-20)27(31)32/h7-13,15,18-19H,5-6,14,16-17,30H2,1-4H3,(H3,31,32)(H,33,37)(H,34,35). The van der Waals surface area contributed by atoms with Gasteiger partial charge in [0.25, 0.3) is 5.56 Å². The van der Waals surface area contributed by atoms with Crippen molar-refractivity contribution in [2.24, 2.45) is 11.7 Å². The number of nitrogens with two attached hydrogens (primary N) is 2. The van der Waals surface area contributed by atoms with E-state index in [-0.39, 0.29) is 36.7 Å². The molecule has 0 bridgehead atoms. The Morgan fingerprint density at radius 1 is 1.13 bits per heavy atom. The molecule has 1 heterocycles. The summed E-state index contributed by atoms with van der Waals surface area (Å²) in [6.07, 6.45) is 3.59. The number of carbonyl (C=O) groups is 1. The van der Waals surface area contributed by atoms with E-state index < -0.39 is 5.56 Å². The molecule has 0 aliphatic rings. The maximum atomic E-state index is 13.4. The molecule has 39 heavy (non-hydrogen) atoms. The van der Waals surface area contributed by atoms with Crippen LogP contribution in [0.25, 0.3) is 11.3 Å². The topological polar surface area (TPSA) is 161 Å². The van der Waals surface area contributed by atoms with Crippen molar-refractivity contribution in [2.45, 2.75) is 59.7 Å². The van der Waals surface area contributed by atoms with E-state index in [9.17, 15) is 9.59 Å². The Hall–Kier alpha value is -4.34. The number of carbonyl (C=O) groups excluding carboxylic acids is 1. The van der Waals surface area contributed by atoms with Gasteiger partial charge in [-0.1, -0.05) is 51.0 Å². The van der Waals surface area contributed by atoms with E-state index in [0.717, 1.165) is 18.4 Å². The Balaban J connectivity index is 1.89. The summed E-state index contributed by atoms with van der Waals surface area (Å²) in [7, 11) is 0. The lowest BCUT2D eigenvalue weighted by Gasteiger charge is -2.18. The van der Waals surface area contributed by atoms with Crippen LogP contribution in [0.1, 0.15) is 51.7 Å². The molecule has 0 atom stereocenters. The lowest BCUT2D eigenvalue weighted by Crippen LogP contribution is -2.35. The number of nitrogens with one attached hydrogen (secondary N) is 3. The zero-order valence-electron chi connectivity index (χ0n) is 23.1. The first-order valence-electron chi connectivity index (χ1n) is 13.2. The molecule has 0 saturated carbocycles. The van der Waals surface area contributed by atoms with Crippen molar-refractivity contribution < 1.29 is 9.53 Å². The molecule has 10 nitrogen and oxygen atoms in total. The quantitative estimate of drug-likeness (QED) is 0.127. The van der Waals surface area contributed by atoms with Crippen LogP contribution in [0, 0.1) is 11.3 Å². The molecule has 0 aliphatic carbocycles. The van der Waals surface area contributed by atoms with Gasteiger partial charge in [0, 0.05) is 35.5 Å². The van der Waals surface area contributed by atoms with Gasteiger partial charge in [0.1, 0.15) is 18.1 Å². The van der Waals surface area contributed by atoms with Gasteiger partial charge >= 0.3 is 0 Å². The molecule has 0 radical (unpaired) electrons. The summed E-state index contributed by atoms with van der Waals surface area (Å²) in [6, 6.07) is 12.3. The fraction of sp³-hybridized carbons (Fsp3) is 0.379. The number of amidine groups is 1. The van der Waals surface area contributed by atoms with Crippen molar-refractivity contribution in [1.29, 1.82) is 5.41 Å². The van der Waals surface area contributed by atoms with E-state index in [1.807, 2.05) is 19.9 Å². The molecule has 0 saturated heterocycles. The SMILES string of the molecule is CCC(CC)COc1cc(N)cc(-c2cnc(NC(C)C)c(=O)n2CC(=O)NCc2ccc(C(=N)N)cc2)c1. The van der Waals surface area contributed by atoms with E-state index in [2.05, 4.69) is 29.5 Å². The van der Waals surface area contributed by atoms with Crippen molar-refractivity contribution in [1.82, 2.24) is 14.9 Å². The monoisotopic (exact) mass is 533 g/mol. The normalized spacial score (nSPS) is 11.0. The molecule has 2 aromatic carbocycles. The second-order valence-corrected chi connectivity index (χ2v) is 9.85. The van der Waals surface area contributed by atoms with Crippen LogP contribution >= 0.6 is 0 Å². The number of hydrogen-bond acceptors (Lipinski definition) is 7. The summed E-state index contributed by atoms with van der Waals surface area (Å²) < 4.78 is 7.42. The average Bonchev–Trinajstić information content (AvgIpc) is 2.90. The summed E-state index contributed by atoms with van der Waals surface area (Å²) in [6.45, 7) is 8.68. The Morgan fingerprint density at radius 3 is 2.44 bits per heavy atom. The van der Waals surface area contributed by atoms with Gasteiger partial charge in [-0.05, 0) is 37.5 Å². The summed E-state index contributed by atoms with van der Waals surface area (Å²) >= 11 is 0. The van der Waals surface area contributed by atoms with Gasteiger partial charge in [-0.2, -0.15) is 0 Å². The summed E-state index contributed by atoms with van der Waals surface area (Å²) in [5, 5.41) is 13.4. The molecule has 7 N–H and O–H groups in total. The highest BCUT2D eigenvalue weighted by atomic mass is 16.5. The smallest absolute Gasteiger partial charge is 0.294 e. The van der Waals surface area contributed by atoms with Gasteiger partial charge < -0.3 is 26.8 Å². The number of ether oxygens (including phenoxy) is 1. The van der Waals surface area contributed by atoms with Crippen molar-refractivity contribution in [3.05, 3.63) is 70.1 Å². The molecule has 3 rings (SSSR count). The van der Waals surface area contributed by atoms with Crippen molar-refractivity contribution in [3.63, 3.8) is 0 Å². The average molecular weight is 534 g/mol. The minimum atomic E-state index is -0.413. The van der Waals surface area contributed by atoms with Crippen LogP contribution in [-0.2, 0) is 17.9 Å². The maximum Gasteiger partial charge on any atom is 0.294 e. The van der Waals surface area contributed by atoms with Gasteiger partial charge in [-0.15, -0.1) is 0 Å². The van der Waals surface area contributed by atoms with Gasteiger partial charge in [0.15, 0.2) is 5.82 Å². The van der Waals surface area contributed by atoms with Crippen molar-refractivity contribution >= 4 is 23.2 Å². The van der Waals surface area contributed by atoms with Crippen molar-refractivity contribution in [3.8, 4) is 17.0 Å². The Bertz CT molecular complexity index is 1350. The number of rotatable bonds is 13. The fourth-order valence-electron chi connectivity index (χ4n) is 4.04. The van der Waals surface area contributed by atoms with Crippen LogP contribution in [-0.4, -0.2) is 33.9 Å². The predicted molar refractivity (Wildman–Crippen MR) is 156 cm³/mol. The zero-order valence-corrected chi connectivity index (χ0v) is 23.1. The Morgan fingerprint density at radius 2 is 1.82 bits per heavy atom. The minimum absolute atomic E-state index is 0.0197. The summed E-state index contributed by atoms with van der Waals surface area (Å²) in [5.74, 6) is 0.823. The largest absolute Gasteiger partial charge is 0.493 e. The van der Waals surface area contributed by atoms with Gasteiger partial charge in [-0.25, -0.2) is 4.98 Å². The first-order chi connectivity index (χ1) is 18.6. The lowest BCUT2D eigenvalue weighted by molar-refractivity contribution is -0.121. The number of amides is 1. The maximum absolute atomic E-state index is 13.4. The molecule has 1 amide bonds.